The summed E-state index contributed by atoms with van der Waals surface area (Å²) in [6.07, 6.45) is 0.0161. The van der Waals surface area contributed by atoms with Crippen LogP contribution in [0.3, 0.4) is 0 Å². The SMILES string of the molecule is CNCC(OC(C)c1ccccc1)c1cccc(Cl)c1. The highest BCUT2D eigenvalue weighted by Crippen LogP contribution is 2.27. The molecule has 2 aromatic carbocycles. The van der Waals surface area contributed by atoms with Crippen molar-refractivity contribution in [2.45, 2.75) is 19.1 Å². The van der Waals surface area contributed by atoms with Gasteiger partial charge in [-0.25, -0.2) is 0 Å². The second-order valence-electron chi connectivity index (χ2n) is 4.79. The number of rotatable bonds is 6. The smallest absolute Gasteiger partial charge is 0.0957 e. The van der Waals surface area contributed by atoms with Gasteiger partial charge in [0.15, 0.2) is 0 Å². The van der Waals surface area contributed by atoms with E-state index in [0.717, 1.165) is 17.1 Å². The molecule has 0 spiro atoms. The maximum atomic E-state index is 6.20. The fraction of sp³-hybridized carbons (Fsp3) is 0.294. The Bertz CT molecular complexity index is 530. The van der Waals surface area contributed by atoms with Gasteiger partial charge in [-0.2, -0.15) is 0 Å². The highest BCUT2D eigenvalue weighted by atomic mass is 35.5. The summed E-state index contributed by atoms with van der Waals surface area (Å²) in [6, 6.07) is 18.1. The highest BCUT2D eigenvalue weighted by molar-refractivity contribution is 6.30. The summed E-state index contributed by atoms with van der Waals surface area (Å²) in [5.74, 6) is 0. The average molecular weight is 290 g/mol. The van der Waals surface area contributed by atoms with Crippen molar-refractivity contribution in [2.75, 3.05) is 13.6 Å². The minimum atomic E-state index is -0.0195. The zero-order valence-corrected chi connectivity index (χ0v) is 12.6. The third-order valence-electron chi connectivity index (χ3n) is 3.25. The van der Waals surface area contributed by atoms with Gasteiger partial charge >= 0.3 is 0 Å². The standard InChI is InChI=1S/C17H20ClNO/c1-13(14-7-4-3-5-8-14)20-17(12-19-2)15-9-6-10-16(18)11-15/h3-11,13,17,19H,12H2,1-2H3. The van der Waals surface area contributed by atoms with E-state index in [1.807, 2.05) is 49.5 Å². The van der Waals surface area contributed by atoms with Crippen LogP contribution in [0.4, 0.5) is 0 Å². The topological polar surface area (TPSA) is 21.3 Å². The number of benzene rings is 2. The van der Waals surface area contributed by atoms with Crippen LogP contribution in [0.2, 0.25) is 5.02 Å². The zero-order chi connectivity index (χ0) is 14.4. The summed E-state index contributed by atoms with van der Waals surface area (Å²) in [5.41, 5.74) is 2.27. The van der Waals surface area contributed by atoms with Gasteiger partial charge in [0.25, 0.3) is 0 Å². The molecule has 0 saturated carbocycles. The molecule has 2 aromatic rings. The van der Waals surface area contributed by atoms with E-state index >= 15 is 0 Å². The second kappa shape index (κ2) is 7.44. The lowest BCUT2D eigenvalue weighted by Gasteiger charge is -2.23. The molecule has 0 aliphatic rings. The fourth-order valence-corrected chi connectivity index (χ4v) is 2.38. The summed E-state index contributed by atoms with van der Waals surface area (Å²) >= 11 is 6.07. The molecular weight excluding hydrogens is 270 g/mol. The van der Waals surface area contributed by atoms with Crippen molar-refractivity contribution in [1.29, 1.82) is 0 Å². The molecule has 0 aliphatic carbocycles. The van der Waals surface area contributed by atoms with Crippen molar-refractivity contribution in [2.24, 2.45) is 0 Å². The van der Waals surface area contributed by atoms with Crippen LogP contribution in [0.1, 0.15) is 30.3 Å². The lowest BCUT2D eigenvalue weighted by molar-refractivity contribution is -0.00340. The van der Waals surface area contributed by atoms with Gasteiger partial charge in [0.2, 0.25) is 0 Å². The summed E-state index contributed by atoms with van der Waals surface area (Å²) in [7, 11) is 1.92. The van der Waals surface area contributed by atoms with Gasteiger partial charge in [-0.1, -0.05) is 54.1 Å². The monoisotopic (exact) mass is 289 g/mol. The summed E-state index contributed by atoms with van der Waals surface area (Å²) in [5, 5.41) is 3.91. The first-order valence-corrected chi connectivity index (χ1v) is 7.19. The molecule has 0 fully saturated rings. The average Bonchev–Trinajstić information content (AvgIpc) is 2.47. The van der Waals surface area contributed by atoms with Crippen molar-refractivity contribution >= 4 is 11.6 Å². The van der Waals surface area contributed by atoms with Crippen molar-refractivity contribution in [3.05, 3.63) is 70.7 Å². The quantitative estimate of drug-likeness (QED) is 0.852. The Morgan fingerprint density at radius 3 is 2.40 bits per heavy atom. The van der Waals surface area contributed by atoms with Gasteiger partial charge < -0.3 is 10.1 Å². The van der Waals surface area contributed by atoms with Crippen LogP contribution in [0, 0.1) is 0 Å². The number of halogens is 1. The highest BCUT2D eigenvalue weighted by Gasteiger charge is 2.16. The molecule has 2 rings (SSSR count). The lowest BCUT2D eigenvalue weighted by Crippen LogP contribution is -2.21. The van der Waals surface area contributed by atoms with Gasteiger partial charge in [-0.3, -0.25) is 0 Å². The molecule has 2 atom stereocenters. The molecule has 1 N–H and O–H groups in total. The first-order valence-electron chi connectivity index (χ1n) is 6.81. The molecule has 0 radical (unpaired) electrons. The van der Waals surface area contributed by atoms with Crippen molar-refractivity contribution in [3.63, 3.8) is 0 Å². The molecule has 106 valence electrons. The molecule has 20 heavy (non-hydrogen) atoms. The first kappa shape index (κ1) is 15.0. The minimum Gasteiger partial charge on any atom is -0.365 e. The third kappa shape index (κ3) is 4.07. The Hall–Kier alpha value is -1.35. The molecule has 0 saturated heterocycles. The summed E-state index contributed by atoms with van der Waals surface area (Å²) < 4.78 is 6.20. The van der Waals surface area contributed by atoms with E-state index in [1.54, 1.807) is 0 Å². The lowest BCUT2D eigenvalue weighted by atomic mass is 10.1. The van der Waals surface area contributed by atoms with Crippen LogP contribution in [0.5, 0.6) is 0 Å². The fourth-order valence-electron chi connectivity index (χ4n) is 2.19. The Morgan fingerprint density at radius 1 is 1.05 bits per heavy atom. The Kier molecular flexibility index (Phi) is 5.60. The molecule has 2 unspecified atom stereocenters. The van der Waals surface area contributed by atoms with Crippen LogP contribution < -0.4 is 5.32 Å². The van der Waals surface area contributed by atoms with Crippen LogP contribution >= 0.6 is 11.6 Å². The predicted molar refractivity (Wildman–Crippen MR) is 84.1 cm³/mol. The number of hydrogen-bond donors (Lipinski definition) is 1. The van der Waals surface area contributed by atoms with Crippen molar-refractivity contribution in [3.8, 4) is 0 Å². The van der Waals surface area contributed by atoms with Gasteiger partial charge in [0, 0.05) is 11.6 Å². The maximum Gasteiger partial charge on any atom is 0.0957 e. The molecule has 0 aliphatic heterocycles. The molecular formula is C17H20ClNO. The predicted octanol–water partition coefficient (Wildman–Crippen LogP) is 4.38. The normalized spacial score (nSPS) is 13.9. The largest absolute Gasteiger partial charge is 0.365 e. The number of likely N-dealkylation sites (N-methyl/N-ethyl adjacent to an activating group) is 1. The number of nitrogens with one attached hydrogen (secondary N) is 1. The van der Waals surface area contributed by atoms with E-state index in [4.69, 9.17) is 16.3 Å². The Balaban J connectivity index is 2.13. The first-order chi connectivity index (χ1) is 9.70. The van der Waals surface area contributed by atoms with Gasteiger partial charge in [-0.05, 0) is 37.2 Å². The Morgan fingerprint density at radius 2 is 1.75 bits per heavy atom. The van der Waals surface area contributed by atoms with E-state index < -0.39 is 0 Å². The van der Waals surface area contributed by atoms with E-state index in [0.29, 0.717) is 0 Å². The Labute approximate surface area is 125 Å². The molecule has 0 bridgehead atoms. The van der Waals surface area contributed by atoms with E-state index in [1.165, 1.54) is 5.56 Å². The van der Waals surface area contributed by atoms with Crippen LogP contribution in [0.15, 0.2) is 54.6 Å². The molecule has 0 amide bonds. The minimum absolute atomic E-state index is 0.0195. The van der Waals surface area contributed by atoms with E-state index in [9.17, 15) is 0 Å². The maximum absolute atomic E-state index is 6.20. The van der Waals surface area contributed by atoms with Gasteiger partial charge in [0.05, 0.1) is 12.2 Å². The molecule has 0 aromatic heterocycles. The number of ether oxygens (including phenoxy) is 1. The molecule has 3 heteroatoms. The zero-order valence-electron chi connectivity index (χ0n) is 11.8. The van der Waals surface area contributed by atoms with Crippen molar-refractivity contribution in [1.82, 2.24) is 5.32 Å². The molecule has 0 heterocycles. The van der Waals surface area contributed by atoms with Crippen LogP contribution in [-0.2, 0) is 4.74 Å². The van der Waals surface area contributed by atoms with E-state index in [-0.39, 0.29) is 12.2 Å². The van der Waals surface area contributed by atoms with E-state index in [2.05, 4.69) is 24.4 Å². The van der Waals surface area contributed by atoms with Gasteiger partial charge in [-0.15, -0.1) is 0 Å². The van der Waals surface area contributed by atoms with Crippen LogP contribution in [-0.4, -0.2) is 13.6 Å². The van der Waals surface area contributed by atoms with Gasteiger partial charge in [0.1, 0.15) is 0 Å². The molecule has 2 nitrogen and oxygen atoms in total. The summed E-state index contributed by atoms with van der Waals surface area (Å²) in [4.78, 5) is 0. The number of hydrogen-bond acceptors (Lipinski definition) is 2. The third-order valence-corrected chi connectivity index (χ3v) is 3.48. The summed E-state index contributed by atoms with van der Waals surface area (Å²) in [6.45, 7) is 2.82. The second-order valence-corrected chi connectivity index (χ2v) is 5.23. The van der Waals surface area contributed by atoms with Crippen molar-refractivity contribution < 1.29 is 4.74 Å². The van der Waals surface area contributed by atoms with Crippen LogP contribution in [0.25, 0.3) is 0 Å².